The molecular weight excluding hydrogens is 629 g/mol. The first kappa shape index (κ1) is 35.1. The maximum atomic E-state index is 12.9. The van der Waals surface area contributed by atoms with E-state index in [4.69, 9.17) is 15.5 Å². The van der Waals surface area contributed by atoms with E-state index in [0.717, 1.165) is 56.3 Å². The zero-order chi connectivity index (χ0) is 34.1. The molecule has 8 nitrogen and oxygen atoms in total. The lowest BCUT2D eigenvalue weighted by atomic mass is 9.69. The first-order valence-electron chi connectivity index (χ1n) is 16.3. The van der Waals surface area contributed by atoms with Gasteiger partial charge < -0.3 is 15.6 Å². The summed E-state index contributed by atoms with van der Waals surface area (Å²) in [6, 6.07) is 6.90. The van der Waals surface area contributed by atoms with Gasteiger partial charge in [0.1, 0.15) is 16.5 Å². The summed E-state index contributed by atoms with van der Waals surface area (Å²) < 4.78 is 72.1. The fourth-order valence-corrected chi connectivity index (χ4v) is 8.07. The van der Waals surface area contributed by atoms with Crippen LogP contribution >= 0.6 is 0 Å². The van der Waals surface area contributed by atoms with Gasteiger partial charge in [-0.3, -0.25) is 4.99 Å². The number of fused-ring (bicyclic) bond motifs is 2. The van der Waals surface area contributed by atoms with Crippen LogP contribution in [0, 0.1) is 23.2 Å². The van der Waals surface area contributed by atoms with E-state index in [1.165, 1.54) is 29.1 Å². The number of benzene rings is 1. The van der Waals surface area contributed by atoms with Crippen LogP contribution in [-0.4, -0.2) is 49.7 Å². The first-order chi connectivity index (χ1) is 22.1. The molecule has 1 saturated carbocycles. The van der Waals surface area contributed by atoms with Gasteiger partial charge in [-0.1, -0.05) is 45.4 Å². The van der Waals surface area contributed by atoms with Gasteiger partial charge in [0.05, 0.1) is 6.61 Å². The number of anilines is 1. The number of hydrogen-bond donors (Lipinski definition) is 3. The Bertz CT molecular complexity index is 1680. The highest BCUT2D eigenvalue weighted by Crippen LogP contribution is 2.44. The highest BCUT2D eigenvalue weighted by atomic mass is 32.2. The van der Waals surface area contributed by atoms with Crippen molar-refractivity contribution < 1.29 is 31.4 Å². The summed E-state index contributed by atoms with van der Waals surface area (Å²) in [6.07, 6.45) is 4.71. The molecule has 0 spiro atoms. The molecule has 1 aromatic carbocycles. The molecule has 1 aliphatic carbocycles. The molecule has 3 aliphatic rings. The molecule has 4 unspecified atom stereocenters. The Morgan fingerprint density at radius 3 is 2.70 bits per heavy atom. The quantitative estimate of drug-likeness (QED) is 0.277. The van der Waals surface area contributed by atoms with E-state index in [2.05, 4.69) is 38.8 Å². The summed E-state index contributed by atoms with van der Waals surface area (Å²) >= 11 is 0. The second kappa shape index (κ2) is 13.7. The van der Waals surface area contributed by atoms with Gasteiger partial charge in [0.15, 0.2) is 6.10 Å². The number of hydrogen-bond acceptors (Lipinski definition) is 7. The van der Waals surface area contributed by atoms with Crippen LogP contribution in [0.3, 0.4) is 0 Å². The van der Waals surface area contributed by atoms with Crippen LogP contribution < -0.4 is 15.2 Å². The van der Waals surface area contributed by atoms with Crippen molar-refractivity contribution in [1.29, 1.82) is 0 Å². The predicted molar refractivity (Wildman–Crippen MR) is 177 cm³/mol. The van der Waals surface area contributed by atoms with Gasteiger partial charge >= 0.3 is 6.18 Å². The molecule has 0 bridgehead atoms. The summed E-state index contributed by atoms with van der Waals surface area (Å²) in [5.74, 6) is 1.47. The van der Waals surface area contributed by atoms with E-state index in [1.807, 2.05) is 18.3 Å². The van der Waals surface area contributed by atoms with E-state index in [0.29, 0.717) is 35.5 Å². The van der Waals surface area contributed by atoms with Crippen LogP contribution in [0.25, 0.3) is 11.1 Å². The number of pyridine rings is 1. The molecule has 256 valence electrons. The molecule has 1 aromatic heterocycles. The standard InChI is InChI=1S/C35H45F3N4O4S/c1-5-22-9-12-40-29-8-11-34(3,4)18-28(29)27(22)16-23-10-13-46-30-7-6-24(15-25(30)14-21(23)2)26-17-31(33(39)41-19-26)47(44,45)42-20-32(43)35(36,37)38/h6-7,9,12,15,17,19,21-23,32,42-43H,5,8,10-11,13-14,16,18,20H2,1-4H3,(H2,39,41). The highest BCUT2D eigenvalue weighted by Gasteiger charge is 2.39. The smallest absolute Gasteiger partial charge is 0.415 e. The molecule has 5 rings (SSSR count). The number of aliphatic hydroxyl groups excluding tert-OH is 1. The predicted octanol–water partition coefficient (Wildman–Crippen LogP) is 7.00. The molecule has 0 radical (unpaired) electrons. The van der Waals surface area contributed by atoms with Crippen molar-refractivity contribution in [3.8, 4) is 16.9 Å². The Hall–Kier alpha value is -3.22. The number of sulfonamides is 1. The summed E-state index contributed by atoms with van der Waals surface area (Å²) in [7, 11) is -4.50. The fraction of sp³-hybridized carbons (Fsp3) is 0.543. The van der Waals surface area contributed by atoms with Crippen molar-refractivity contribution in [3.05, 3.63) is 59.4 Å². The monoisotopic (exact) mass is 674 g/mol. The van der Waals surface area contributed by atoms with Crippen molar-refractivity contribution in [2.45, 2.75) is 89.8 Å². The molecule has 2 aromatic rings. The zero-order valence-electron chi connectivity index (χ0n) is 27.4. The Labute approximate surface area is 275 Å². The molecule has 4 atom stereocenters. The minimum Gasteiger partial charge on any atom is -0.493 e. The minimum atomic E-state index is -4.97. The number of aliphatic hydroxyl groups is 1. The SMILES string of the molecule is CCC1C=CN=C2CCC(C)(C)CC2=C1CC1CCOc2ccc(-c3cnc(N)c(S(=O)(=O)NCC(O)C(F)(F)F)c3)cc2CC1C. The molecule has 12 heteroatoms. The third-order valence-corrected chi connectivity index (χ3v) is 11.3. The number of nitrogens with one attached hydrogen (secondary N) is 1. The average molecular weight is 675 g/mol. The van der Waals surface area contributed by atoms with E-state index in [1.54, 1.807) is 10.8 Å². The Morgan fingerprint density at radius 2 is 1.98 bits per heavy atom. The van der Waals surface area contributed by atoms with E-state index in [-0.39, 0.29) is 11.2 Å². The van der Waals surface area contributed by atoms with Gasteiger partial charge in [-0.25, -0.2) is 18.1 Å². The van der Waals surface area contributed by atoms with E-state index < -0.39 is 33.7 Å². The number of aliphatic imine (C=N–C) groups is 1. The van der Waals surface area contributed by atoms with Crippen molar-refractivity contribution in [2.75, 3.05) is 18.9 Å². The van der Waals surface area contributed by atoms with Gasteiger partial charge in [0.25, 0.3) is 0 Å². The number of nitrogens with two attached hydrogens (primary N) is 1. The number of halogens is 3. The number of aromatic nitrogens is 1. The third kappa shape index (κ3) is 8.09. The van der Waals surface area contributed by atoms with Crippen LogP contribution in [0.1, 0.15) is 71.8 Å². The van der Waals surface area contributed by atoms with E-state index in [9.17, 15) is 26.7 Å². The van der Waals surface area contributed by atoms with Crippen molar-refractivity contribution in [3.63, 3.8) is 0 Å². The van der Waals surface area contributed by atoms with Crippen LogP contribution in [0.15, 0.2) is 63.8 Å². The maximum Gasteiger partial charge on any atom is 0.415 e. The number of ether oxygens (including phenoxy) is 1. The zero-order valence-corrected chi connectivity index (χ0v) is 28.2. The van der Waals surface area contributed by atoms with Crippen LogP contribution in [0.2, 0.25) is 0 Å². The van der Waals surface area contributed by atoms with Crippen molar-refractivity contribution in [2.24, 2.45) is 28.2 Å². The topological polar surface area (TPSA) is 127 Å². The van der Waals surface area contributed by atoms with Gasteiger partial charge in [-0.15, -0.1) is 0 Å². The first-order valence-corrected chi connectivity index (χ1v) is 17.8. The highest BCUT2D eigenvalue weighted by molar-refractivity contribution is 7.89. The molecule has 47 heavy (non-hydrogen) atoms. The molecule has 1 fully saturated rings. The molecule has 0 saturated heterocycles. The molecule has 2 aliphatic heterocycles. The Kier molecular flexibility index (Phi) is 10.2. The minimum absolute atomic E-state index is 0.240. The lowest BCUT2D eigenvalue weighted by Gasteiger charge is -2.36. The van der Waals surface area contributed by atoms with Crippen LogP contribution in [0.4, 0.5) is 19.0 Å². The average Bonchev–Trinajstić information content (AvgIpc) is 3.16. The molecule has 4 N–H and O–H groups in total. The third-order valence-electron chi connectivity index (χ3n) is 9.85. The Balaban J connectivity index is 1.39. The maximum absolute atomic E-state index is 12.9. The summed E-state index contributed by atoms with van der Waals surface area (Å²) in [5, 5.41) is 9.27. The number of allylic oxidation sites excluding steroid dienone is 3. The Morgan fingerprint density at radius 1 is 1.21 bits per heavy atom. The molecule has 3 heterocycles. The largest absolute Gasteiger partial charge is 0.493 e. The number of alkyl halides is 3. The summed E-state index contributed by atoms with van der Waals surface area (Å²) in [5.41, 5.74) is 12.4. The van der Waals surface area contributed by atoms with E-state index >= 15 is 0 Å². The second-order valence-electron chi connectivity index (χ2n) is 13.9. The number of rotatable bonds is 8. The second-order valence-corrected chi connectivity index (χ2v) is 15.6. The van der Waals surface area contributed by atoms with Crippen LogP contribution in [0.5, 0.6) is 5.75 Å². The number of nitrogen functional groups attached to an aromatic ring is 1. The normalized spacial score (nSPS) is 23.8. The summed E-state index contributed by atoms with van der Waals surface area (Å²) in [4.78, 5) is 8.43. The van der Waals surface area contributed by atoms with Gasteiger partial charge in [-0.05, 0) is 103 Å². The van der Waals surface area contributed by atoms with Crippen molar-refractivity contribution >= 4 is 21.6 Å². The molecule has 0 amide bonds. The van der Waals surface area contributed by atoms with Crippen LogP contribution in [-0.2, 0) is 16.4 Å². The van der Waals surface area contributed by atoms with Crippen molar-refractivity contribution in [1.82, 2.24) is 9.71 Å². The van der Waals surface area contributed by atoms with Gasteiger partial charge in [0.2, 0.25) is 10.0 Å². The number of nitrogens with zero attached hydrogens (tertiary/aromatic N) is 2. The van der Waals surface area contributed by atoms with Gasteiger partial charge in [0, 0.05) is 30.2 Å². The fourth-order valence-electron chi connectivity index (χ4n) is 6.93. The molecular formula is C35H45F3N4O4S. The lowest BCUT2D eigenvalue weighted by Crippen LogP contribution is -2.40. The van der Waals surface area contributed by atoms with Gasteiger partial charge in [-0.2, -0.15) is 13.2 Å². The lowest BCUT2D eigenvalue weighted by molar-refractivity contribution is -0.200. The summed E-state index contributed by atoms with van der Waals surface area (Å²) in [6.45, 7) is 8.54.